The summed E-state index contributed by atoms with van der Waals surface area (Å²) in [6.45, 7) is 4.76. The van der Waals surface area contributed by atoms with E-state index in [0.29, 0.717) is 12.2 Å². The van der Waals surface area contributed by atoms with Gasteiger partial charge in [-0.1, -0.05) is 6.07 Å². The molecule has 0 bridgehead atoms. The van der Waals surface area contributed by atoms with Crippen molar-refractivity contribution in [3.63, 3.8) is 0 Å². The number of amides is 1. The molecule has 1 aliphatic heterocycles. The highest BCUT2D eigenvalue weighted by molar-refractivity contribution is 5.94. The Morgan fingerprint density at radius 1 is 1.45 bits per heavy atom. The van der Waals surface area contributed by atoms with Gasteiger partial charge in [-0.25, -0.2) is 4.68 Å². The van der Waals surface area contributed by atoms with Gasteiger partial charge in [-0.15, -0.1) is 5.10 Å². The van der Waals surface area contributed by atoms with Gasteiger partial charge < -0.3 is 10.1 Å². The second-order valence-electron chi connectivity index (χ2n) is 6.08. The highest BCUT2D eigenvalue weighted by Gasteiger charge is 2.29. The SMILES string of the molecule is CC1(C)C[C@H](NC(=O)c2cccc(-n3cnnn3)c2)CCO1. The zero-order valence-electron chi connectivity index (χ0n) is 12.7. The van der Waals surface area contributed by atoms with Gasteiger partial charge in [-0.05, 0) is 55.3 Å². The van der Waals surface area contributed by atoms with Gasteiger partial charge in [0.2, 0.25) is 0 Å². The summed E-state index contributed by atoms with van der Waals surface area (Å²) in [7, 11) is 0. The van der Waals surface area contributed by atoms with E-state index in [1.807, 2.05) is 26.0 Å². The summed E-state index contributed by atoms with van der Waals surface area (Å²) in [6, 6.07) is 7.36. The van der Waals surface area contributed by atoms with Crippen molar-refractivity contribution < 1.29 is 9.53 Å². The molecule has 0 aliphatic carbocycles. The van der Waals surface area contributed by atoms with Gasteiger partial charge in [0, 0.05) is 18.2 Å². The molecule has 1 N–H and O–H groups in total. The molecule has 0 spiro atoms. The number of hydrogen-bond donors (Lipinski definition) is 1. The molecule has 2 heterocycles. The standard InChI is InChI=1S/C15H19N5O2/c1-15(2)9-12(6-7-22-15)17-14(21)11-4-3-5-13(8-11)20-10-16-18-19-20/h3-5,8,10,12H,6-7,9H2,1-2H3,(H,17,21)/t12-/m1/s1. The predicted molar refractivity (Wildman–Crippen MR) is 79.7 cm³/mol. The summed E-state index contributed by atoms with van der Waals surface area (Å²) in [6.07, 6.45) is 3.14. The van der Waals surface area contributed by atoms with Gasteiger partial charge in [0.1, 0.15) is 6.33 Å². The summed E-state index contributed by atoms with van der Waals surface area (Å²) in [5, 5.41) is 14.1. The van der Waals surface area contributed by atoms with E-state index in [1.54, 1.807) is 12.1 Å². The third kappa shape index (κ3) is 3.30. The number of tetrazole rings is 1. The fraction of sp³-hybridized carbons (Fsp3) is 0.467. The Bertz CT molecular complexity index is 654. The Labute approximate surface area is 128 Å². The molecular weight excluding hydrogens is 282 g/mol. The molecule has 1 aromatic heterocycles. The van der Waals surface area contributed by atoms with Gasteiger partial charge in [-0.3, -0.25) is 4.79 Å². The first-order valence-corrected chi connectivity index (χ1v) is 7.32. The van der Waals surface area contributed by atoms with Crippen molar-refractivity contribution in [3.05, 3.63) is 36.2 Å². The van der Waals surface area contributed by atoms with Crippen molar-refractivity contribution in [3.8, 4) is 5.69 Å². The smallest absolute Gasteiger partial charge is 0.251 e. The average Bonchev–Trinajstić information content (AvgIpc) is 3.00. The minimum atomic E-state index is -0.190. The molecule has 3 rings (SSSR count). The zero-order chi connectivity index (χ0) is 15.6. The summed E-state index contributed by atoms with van der Waals surface area (Å²) in [5.74, 6) is -0.0855. The molecule has 7 heteroatoms. The molecule has 1 amide bonds. The summed E-state index contributed by atoms with van der Waals surface area (Å²) >= 11 is 0. The van der Waals surface area contributed by atoms with E-state index in [0.717, 1.165) is 18.5 Å². The van der Waals surface area contributed by atoms with Gasteiger partial charge >= 0.3 is 0 Å². The molecule has 116 valence electrons. The van der Waals surface area contributed by atoms with Crippen LogP contribution in [0, 0.1) is 0 Å². The average molecular weight is 301 g/mol. The van der Waals surface area contributed by atoms with Crippen LogP contribution >= 0.6 is 0 Å². The minimum absolute atomic E-state index is 0.0855. The van der Waals surface area contributed by atoms with Crippen LogP contribution in [0.5, 0.6) is 0 Å². The molecule has 1 aliphatic rings. The Morgan fingerprint density at radius 2 is 2.32 bits per heavy atom. The number of ether oxygens (including phenoxy) is 1. The van der Waals surface area contributed by atoms with Crippen LogP contribution in [-0.2, 0) is 4.74 Å². The van der Waals surface area contributed by atoms with Crippen molar-refractivity contribution in [2.24, 2.45) is 0 Å². The molecular formula is C15H19N5O2. The van der Waals surface area contributed by atoms with E-state index in [-0.39, 0.29) is 17.6 Å². The normalized spacial score (nSPS) is 20.5. The van der Waals surface area contributed by atoms with Crippen molar-refractivity contribution in [1.29, 1.82) is 0 Å². The lowest BCUT2D eigenvalue weighted by Crippen LogP contribution is -2.45. The fourth-order valence-electron chi connectivity index (χ4n) is 2.69. The van der Waals surface area contributed by atoms with Crippen molar-refractivity contribution in [2.75, 3.05) is 6.61 Å². The number of nitrogens with zero attached hydrogens (tertiary/aromatic N) is 4. The van der Waals surface area contributed by atoms with E-state index in [9.17, 15) is 4.79 Å². The highest BCUT2D eigenvalue weighted by atomic mass is 16.5. The minimum Gasteiger partial charge on any atom is -0.375 e. The maximum Gasteiger partial charge on any atom is 0.251 e. The Morgan fingerprint density at radius 3 is 3.05 bits per heavy atom. The third-order valence-electron chi connectivity index (χ3n) is 3.75. The molecule has 22 heavy (non-hydrogen) atoms. The van der Waals surface area contributed by atoms with Crippen molar-refractivity contribution in [2.45, 2.75) is 38.3 Å². The summed E-state index contributed by atoms with van der Waals surface area (Å²) < 4.78 is 7.20. The summed E-state index contributed by atoms with van der Waals surface area (Å²) in [5.41, 5.74) is 1.16. The number of carbonyl (C=O) groups excluding carboxylic acids is 1. The lowest BCUT2D eigenvalue weighted by Gasteiger charge is -2.35. The fourth-order valence-corrected chi connectivity index (χ4v) is 2.69. The topological polar surface area (TPSA) is 81.9 Å². The molecule has 1 saturated heterocycles. The van der Waals surface area contributed by atoms with Crippen LogP contribution in [0.3, 0.4) is 0 Å². The number of nitrogens with one attached hydrogen (secondary N) is 1. The van der Waals surface area contributed by atoms with Gasteiger partial charge in [0.25, 0.3) is 5.91 Å². The van der Waals surface area contributed by atoms with Crippen LogP contribution < -0.4 is 5.32 Å². The van der Waals surface area contributed by atoms with Crippen LogP contribution in [0.2, 0.25) is 0 Å². The van der Waals surface area contributed by atoms with Gasteiger partial charge in [0.15, 0.2) is 0 Å². The van der Waals surface area contributed by atoms with Crippen LogP contribution in [0.15, 0.2) is 30.6 Å². The van der Waals surface area contributed by atoms with Crippen LogP contribution in [0.4, 0.5) is 0 Å². The molecule has 1 fully saturated rings. The number of carbonyl (C=O) groups is 1. The maximum absolute atomic E-state index is 12.4. The van der Waals surface area contributed by atoms with Gasteiger partial charge in [-0.2, -0.15) is 0 Å². The van der Waals surface area contributed by atoms with Gasteiger partial charge in [0.05, 0.1) is 11.3 Å². The van der Waals surface area contributed by atoms with E-state index in [2.05, 4.69) is 20.8 Å². The number of benzene rings is 1. The molecule has 0 saturated carbocycles. The maximum atomic E-state index is 12.4. The van der Waals surface area contributed by atoms with Crippen molar-refractivity contribution >= 4 is 5.91 Å². The monoisotopic (exact) mass is 301 g/mol. The Balaban J connectivity index is 1.71. The van der Waals surface area contributed by atoms with Crippen molar-refractivity contribution in [1.82, 2.24) is 25.5 Å². The molecule has 1 atom stereocenters. The molecule has 7 nitrogen and oxygen atoms in total. The van der Waals surface area contributed by atoms with Crippen LogP contribution in [0.1, 0.15) is 37.0 Å². The Hall–Kier alpha value is -2.28. The first-order valence-electron chi connectivity index (χ1n) is 7.32. The lowest BCUT2D eigenvalue weighted by atomic mass is 9.94. The number of hydrogen-bond acceptors (Lipinski definition) is 5. The molecule has 0 radical (unpaired) electrons. The number of rotatable bonds is 3. The van der Waals surface area contributed by atoms with E-state index >= 15 is 0 Å². The zero-order valence-corrected chi connectivity index (χ0v) is 12.7. The largest absolute Gasteiger partial charge is 0.375 e. The summed E-state index contributed by atoms with van der Waals surface area (Å²) in [4.78, 5) is 12.4. The Kier molecular flexibility index (Phi) is 3.89. The second kappa shape index (κ2) is 5.84. The first-order chi connectivity index (χ1) is 10.5. The predicted octanol–water partition coefficient (Wildman–Crippen LogP) is 1.35. The van der Waals surface area contributed by atoms with Crippen LogP contribution in [0.25, 0.3) is 5.69 Å². The first kappa shape index (κ1) is 14.6. The van der Waals surface area contributed by atoms with E-state index in [4.69, 9.17) is 4.74 Å². The molecule has 0 unspecified atom stereocenters. The quantitative estimate of drug-likeness (QED) is 0.925. The third-order valence-corrected chi connectivity index (χ3v) is 3.75. The molecule has 2 aromatic rings. The van der Waals surface area contributed by atoms with E-state index < -0.39 is 0 Å². The lowest BCUT2D eigenvalue weighted by molar-refractivity contribution is -0.0615. The number of aromatic nitrogens is 4. The van der Waals surface area contributed by atoms with E-state index in [1.165, 1.54) is 11.0 Å². The highest BCUT2D eigenvalue weighted by Crippen LogP contribution is 2.24. The molecule has 1 aromatic carbocycles. The van der Waals surface area contributed by atoms with Crippen LogP contribution in [-0.4, -0.2) is 44.4 Å². The second-order valence-corrected chi connectivity index (χ2v) is 6.08.